The Kier molecular flexibility index (Phi) is 3.55. The number of hydrogen-bond donors (Lipinski definition) is 0. The summed E-state index contributed by atoms with van der Waals surface area (Å²) in [6.07, 6.45) is 10.5. The van der Waals surface area contributed by atoms with Gasteiger partial charge in [-0.25, -0.2) is 0 Å². The van der Waals surface area contributed by atoms with E-state index in [4.69, 9.17) is 12.8 Å². The van der Waals surface area contributed by atoms with Gasteiger partial charge < -0.3 is 0 Å². The van der Waals surface area contributed by atoms with Gasteiger partial charge in [0.2, 0.25) is 5.91 Å². The number of nitrogens with zero attached hydrogens (tertiary/aromatic N) is 1. The maximum atomic E-state index is 11.4. The zero-order valence-electron chi connectivity index (χ0n) is 8.53. The zero-order valence-corrected chi connectivity index (χ0v) is 8.53. The first-order chi connectivity index (χ1) is 7.20. The molecular formula is C13H11NO. The lowest BCUT2D eigenvalue weighted by atomic mass is 10.1. The van der Waals surface area contributed by atoms with Gasteiger partial charge in [0.1, 0.15) is 0 Å². The van der Waals surface area contributed by atoms with E-state index in [1.165, 1.54) is 11.8 Å². The van der Waals surface area contributed by atoms with Crippen molar-refractivity contribution >= 4 is 11.6 Å². The first-order valence-corrected chi connectivity index (χ1v) is 4.48. The summed E-state index contributed by atoms with van der Waals surface area (Å²) in [5.41, 5.74) is 1.36. The smallest absolute Gasteiger partial charge is 0.224 e. The molecule has 1 aromatic rings. The van der Waals surface area contributed by atoms with Crippen molar-refractivity contribution in [3.05, 3.63) is 29.8 Å². The van der Waals surface area contributed by atoms with Gasteiger partial charge in [0, 0.05) is 12.5 Å². The Labute approximate surface area is 89.9 Å². The van der Waals surface area contributed by atoms with Crippen molar-refractivity contribution in [2.75, 3.05) is 11.4 Å². The van der Waals surface area contributed by atoms with Gasteiger partial charge in [-0.3, -0.25) is 9.69 Å². The van der Waals surface area contributed by atoms with Crippen molar-refractivity contribution in [2.24, 2.45) is 0 Å². The molecule has 0 radical (unpaired) electrons. The van der Waals surface area contributed by atoms with Gasteiger partial charge >= 0.3 is 0 Å². The van der Waals surface area contributed by atoms with E-state index in [0.29, 0.717) is 11.3 Å². The van der Waals surface area contributed by atoms with Crippen LogP contribution in [-0.2, 0) is 4.79 Å². The Balaban J connectivity index is 3.18. The molecule has 0 aliphatic carbocycles. The third kappa shape index (κ3) is 2.39. The van der Waals surface area contributed by atoms with Gasteiger partial charge in [-0.15, -0.1) is 12.8 Å². The molecule has 1 rings (SSSR count). The number of benzene rings is 1. The molecule has 0 atom stereocenters. The summed E-state index contributed by atoms with van der Waals surface area (Å²) in [5.74, 6) is 4.85. The molecule has 0 aliphatic heterocycles. The van der Waals surface area contributed by atoms with Crippen molar-refractivity contribution in [2.45, 2.75) is 6.92 Å². The van der Waals surface area contributed by atoms with Crippen LogP contribution < -0.4 is 4.90 Å². The van der Waals surface area contributed by atoms with Crippen molar-refractivity contribution in [3.8, 4) is 24.7 Å². The predicted octanol–water partition coefficient (Wildman–Crippen LogP) is 1.65. The second-order valence-corrected chi connectivity index (χ2v) is 2.97. The van der Waals surface area contributed by atoms with Crippen molar-refractivity contribution in [1.82, 2.24) is 0 Å². The van der Waals surface area contributed by atoms with Gasteiger partial charge in [-0.2, -0.15) is 0 Å². The second kappa shape index (κ2) is 4.88. The average Bonchev–Trinajstić information content (AvgIpc) is 2.25. The Morgan fingerprint density at radius 3 is 2.60 bits per heavy atom. The summed E-state index contributed by atoms with van der Waals surface area (Å²) in [5, 5.41) is 0. The van der Waals surface area contributed by atoms with E-state index in [1.54, 1.807) is 12.1 Å². The highest BCUT2D eigenvalue weighted by Crippen LogP contribution is 2.19. The van der Waals surface area contributed by atoms with E-state index in [1.807, 2.05) is 12.1 Å². The van der Waals surface area contributed by atoms with Crippen LogP contribution in [0.4, 0.5) is 5.69 Å². The van der Waals surface area contributed by atoms with Gasteiger partial charge in [-0.05, 0) is 12.1 Å². The molecule has 0 spiro atoms. The molecule has 0 N–H and O–H groups in total. The number of terminal acetylenes is 2. The molecule has 0 aliphatic rings. The maximum Gasteiger partial charge on any atom is 0.224 e. The van der Waals surface area contributed by atoms with E-state index < -0.39 is 0 Å². The molecule has 15 heavy (non-hydrogen) atoms. The quantitative estimate of drug-likeness (QED) is 0.660. The Bertz CT molecular complexity index is 448. The largest absolute Gasteiger partial charge is 0.300 e. The number of carbonyl (C=O) groups excluding carboxylic acids is 1. The minimum absolute atomic E-state index is 0.115. The molecule has 0 saturated heterocycles. The van der Waals surface area contributed by atoms with Crippen LogP contribution in [0.5, 0.6) is 0 Å². The van der Waals surface area contributed by atoms with Crippen LogP contribution in [-0.4, -0.2) is 12.5 Å². The van der Waals surface area contributed by atoms with Crippen molar-refractivity contribution in [1.29, 1.82) is 0 Å². The summed E-state index contributed by atoms with van der Waals surface area (Å²) in [6.45, 7) is 1.69. The molecule has 2 nitrogen and oxygen atoms in total. The van der Waals surface area contributed by atoms with Crippen LogP contribution in [0.1, 0.15) is 12.5 Å². The molecular weight excluding hydrogens is 186 g/mol. The first kappa shape index (κ1) is 10.9. The average molecular weight is 197 g/mol. The zero-order chi connectivity index (χ0) is 11.3. The molecule has 1 amide bonds. The topological polar surface area (TPSA) is 20.3 Å². The lowest BCUT2D eigenvalue weighted by Crippen LogP contribution is -2.29. The monoisotopic (exact) mass is 197 g/mol. The number of amides is 1. The van der Waals surface area contributed by atoms with Gasteiger partial charge in [0.15, 0.2) is 0 Å². The van der Waals surface area contributed by atoms with Crippen molar-refractivity contribution < 1.29 is 4.79 Å². The van der Waals surface area contributed by atoms with Gasteiger partial charge in [0.25, 0.3) is 0 Å². The van der Waals surface area contributed by atoms with E-state index in [9.17, 15) is 4.79 Å². The number of carbonyl (C=O) groups is 1. The summed E-state index contributed by atoms with van der Waals surface area (Å²) in [6, 6.07) is 7.21. The molecule has 1 aromatic carbocycles. The molecule has 0 bridgehead atoms. The molecule has 0 heterocycles. The number of rotatable bonds is 2. The van der Waals surface area contributed by atoms with Gasteiger partial charge in [0.05, 0.1) is 12.2 Å². The Hall–Kier alpha value is -2.19. The second-order valence-electron chi connectivity index (χ2n) is 2.97. The van der Waals surface area contributed by atoms with Crippen molar-refractivity contribution in [3.63, 3.8) is 0 Å². The van der Waals surface area contributed by atoms with E-state index in [2.05, 4.69) is 11.8 Å². The van der Waals surface area contributed by atoms with E-state index >= 15 is 0 Å². The summed E-state index contributed by atoms with van der Waals surface area (Å²) in [7, 11) is 0. The normalized spacial score (nSPS) is 8.73. The van der Waals surface area contributed by atoms with Gasteiger partial charge in [-0.1, -0.05) is 24.0 Å². The van der Waals surface area contributed by atoms with Crippen LogP contribution in [0.3, 0.4) is 0 Å². The highest BCUT2D eigenvalue weighted by molar-refractivity contribution is 5.93. The summed E-state index contributed by atoms with van der Waals surface area (Å²) < 4.78 is 0. The molecule has 0 unspecified atom stereocenters. The molecule has 2 heteroatoms. The molecule has 74 valence electrons. The standard InChI is InChI=1S/C13H11NO/c1-4-10-14(11(3)15)13-9-7-6-8-12(13)5-2/h1-2,6-9H,10H2,3H3. The number of anilines is 1. The fourth-order valence-electron chi connectivity index (χ4n) is 1.29. The minimum atomic E-state index is -0.115. The summed E-state index contributed by atoms with van der Waals surface area (Å²) >= 11 is 0. The minimum Gasteiger partial charge on any atom is -0.300 e. The lowest BCUT2D eigenvalue weighted by molar-refractivity contribution is -0.116. The summed E-state index contributed by atoms with van der Waals surface area (Å²) in [4.78, 5) is 12.8. The van der Waals surface area contributed by atoms with Crippen LogP contribution in [0.15, 0.2) is 24.3 Å². The Morgan fingerprint density at radius 2 is 2.07 bits per heavy atom. The van der Waals surface area contributed by atoms with Crippen LogP contribution >= 0.6 is 0 Å². The van der Waals surface area contributed by atoms with E-state index in [-0.39, 0.29) is 12.5 Å². The third-order valence-corrected chi connectivity index (χ3v) is 1.98. The number of hydrogen-bond acceptors (Lipinski definition) is 1. The highest BCUT2D eigenvalue weighted by atomic mass is 16.2. The molecule has 0 saturated carbocycles. The van der Waals surface area contributed by atoms with Crippen LogP contribution in [0.2, 0.25) is 0 Å². The Morgan fingerprint density at radius 1 is 1.40 bits per heavy atom. The fourth-order valence-corrected chi connectivity index (χ4v) is 1.29. The SMILES string of the molecule is C#CCN(C(C)=O)c1ccccc1C#C. The fraction of sp³-hybridized carbons (Fsp3) is 0.154. The lowest BCUT2D eigenvalue weighted by Gasteiger charge is -2.19. The number of para-hydroxylation sites is 1. The third-order valence-electron chi connectivity index (χ3n) is 1.98. The predicted molar refractivity (Wildman–Crippen MR) is 61.2 cm³/mol. The van der Waals surface area contributed by atoms with Crippen LogP contribution in [0, 0.1) is 24.7 Å². The molecule has 0 fully saturated rings. The highest BCUT2D eigenvalue weighted by Gasteiger charge is 2.12. The van der Waals surface area contributed by atoms with E-state index in [0.717, 1.165) is 0 Å². The first-order valence-electron chi connectivity index (χ1n) is 4.48. The maximum absolute atomic E-state index is 11.4. The van der Waals surface area contributed by atoms with Crippen LogP contribution in [0.25, 0.3) is 0 Å². The molecule has 0 aromatic heterocycles.